The van der Waals surface area contributed by atoms with Crippen LogP contribution in [0.15, 0.2) is 12.1 Å². The largest absolute Gasteiger partial charge is 0.338 e. The van der Waals surface area contributed by atoms with Crippen LogP contribution in [0.5, 0.6) is 0 Å². The molecular weight excluding hydrogens is 268 g/mol. The van der Waals surface area contributed by atoms with E-state index in [4.69, 9.17) is 5.73 Å². The number of nitrogens with two attached hydrogens (primary N) is 1. The van der Waals surface area contributed by atoms with E-state index in [1.54, 1.807) is 0 Å². The molecule has 1 aromatic rings. The molecule has 0 unspecified atom stereocenters. The Morgan fingerprint density at radius 3 is 2.75 bits per heavy atom. The number of rotatable bonds is 2. The highest BCUT2D eigenvalue weighted by Crippen LogP contribution is 2.28. The summed E-state index contributed by atoms with van der Waals surface area (Å²) in [7, 11) is 1.92. The number of hydrogen-bond acceptors (Lipinski definition) is 3. The van der Waals surface area contributed by atoms with Gasteiger partial charge in [0, 0.05) is 13.1 Å². The number of carbonyl (C=O) groups excluding carboxylic acids is 1. The summed E-state index contributed by atoms with van der Waals surface area (Å²) in [5.41, 5.74) is 5.36. The summed E-state index contributed by atoms with van der Waals surface area (Å²) in [4.78, 5) is 16.1. The predicted octanol–water partition coefficient (Wildman–Crippen LogP) is 2.71. The normalized spacial score (nSPS) is 21.9. The zero-order valence-corrected chi connectivity index (χ0v) is 13.0. The van der Waals surface area contributed by atoms with Crippen molar-refractivity contribution in [1.29, 1.82) is 0 Å². The van der Waals surface area contributed by atoms with Gasteiger partial charge in [-0.05, 0) is 43.7 Å². The second kappa shape index (κ2) is 6.92. The second-order valence-electron chi connectivity index (χ2n) is 5.50. The minimum Gasteiger partial charge on any atom is -0.338 e. The van der Waals surface area contributed by atoms with Crippen molar-refractivity contribution < 1.29 is 4.79 Å². The molecule has 1 fully saturated rings. The SMILES string of the molecule is CC1CCC(N(C)C(=O)c2ccc(C#CCN)s2)CC1. The minimum atomic E-state index is 0.121. The lowest BCUT2D eigenvalue weighted by atomic mass is 9.87. The van der Waals surface area contributed by atoms with Crippen molar-refractivity contribution in [3.63, 3.8) is 0 Å². The topological polar surface area (TPSA) is 46.3 Å². The molecule has 0 aromatic carbocycles. The van der Waals surface area contributed by atoms with Crippen molar-refractivity contribution in [2.75, 3.05) is 13.6 Å². The van der Waals surface area contributed by atoms with Crippen molar-refractivity contribution in [2.45, 2.75) is 38.6 Å². The summed E-state index contributed by atoms with van der Waals surface area (Å²) in [5.74, 6) is 6.72. The Balaban J connectivity index is 2.01. The van der Waals surface area contributed by atoms with Gasteiger partial charge in [-0.15, -0.1) is 11.3 Å². The molecule has 2 N–H and O–H groups in total. The van der Waals surface area contributed by atoms with Gasteiger partial charge >= 0.3 is 0 Å². The van der Waals surface area contributed by atoms with E-state index in [2.05, 4.69) is 18.8 Å². The molecule has 0 radical (unpaired) electrons. The molecule has 0 atom stereocenters. The summed E-state index contributed by atoms with van der Waals surface area (Å²) >= 11 is 1.45. The van der Waals surface area contributed by atoms with Crippen LogP contribution in [0.1, 0.15) is 47.2 Å². The molecule has 1 amide bonds. The Kier molecular flexibility index (Phi) is 5.22. The van der Waals surface area contributed by atoms with Crippen molar-refractivity contribution in [3.8, 4) is 11.8 Å². The number of thiophene rings is 1. The van der Waals surface area contributed by atoms with Crippen LogP contribution in [0.25, 0.3) is 0 Å². The average Bonchev–Trinajstić information content (AvgIpc) is 2.93. The Morgan fingerprint density at radius 1 is 1.40 bits per heavy atom. The smallest absolute Gasteiger partial charge is 0.263 e. The van der Waals surface area contributed by atoms with Crippen LogP contribution in [0.3, 0.4) is 0 Å². The third-order valence-corrected chi connectivity index (χ3v) is 4.97. The first kappa shape index (κ1) is 15.1. The van der Waals surface area contributed by atoms with E-state index in [1.807, 2.05) is 24.1 Å². The third kappa shape index (κ3) is 3.62. The zero-order valence-electron chi connectivity index (χ0n) is 12.2. The first-order valence-electron chi connectivity index (χ1n) is 7.17. The molecule has 20 heavy (non-hydrogen) atoms. The van der Waals surface area contributed by atoms with E-state index >= 15 is 0 Å². The zero-order chi connectivity index (χ0) is 14.5. The summed E-state index contributed by atoms with van der Waals surface area (Å²) in [6, 6.07) is 4.16. The lowest BCUT2D eigenvalue weighted by Crippen LogP contribution is -2.38. The van der Waals surface area contributed by atoms with Gasteiger partial charge in [-0.1, -0.05) is 18.8 Å². The fourth-order valence-electron chi connectivity index (χ4n) is 2.63. The highest BCUT2D eigenvalue weighted by atomic mass is 32.1. The fraction of sp³-hybridized carbons (Fsp3) is 0.562. The Bertz CT molecular complexity index is 518. The van der Waals surface area contributed by atoms with Crippen LogP contribution in [0, 0.1) is 17.8 Å². The van der Waals surface area contributed by atoms with Gasteiger partial charge in [-0.3, -0.25) is 4.79 Å². The lowest BCUT2D eigenvalue weighted by Gasteiger charge is -2.33. The van der Waals surface area contributed by atoms with Crippen molar-refractivity contribution in [2.24, 2.45) is 11.7 Å². The molecule has 1 aliphatic carbocycles. The van der Waals surface area contributed by atoms with E-state index in [-0.39, 0.29) is 5.91 Å². The number of carbonyl (C=O) groups is 1. The van der Waals surface area contributed by atoms with Crippen LogP contribution < -0.4 is 5.73 Å². The van der Waals surface area contributed by atoms with Gasteiger partial charge in [0.1, 0.15) is 0 Å². The monoisotopic (exact) mass is 290 g/mol. The van der Waals surface area contributed by atoms with Crippen LogP contribution in [-0.2, 0) is 0 Å². The standard InChI is InChI=1S/C16H22N2OS/c1-12-5-7-13(8-6-12)18(2)16(19)15-10-9-14(20-15)4-3-11-17/h9-10,12-13H,5-8,11,17H2,1-2H3. The molecule has 108 valence electrons. The molecule has 3 nitrogen and oxygen atoms in total. The highest BCUT2D eigenvalue weighted by Gasteiger charge is 2.26. The van der Waals surface area contributed by atoms with Gasteiger partial charge in [0.05, 0.1) is 16.3 Å². The van der Waals surface area contributed by atoms with Gasteiger partial charge in [0.15, 0.2) is 0 Å². The van der Waals surface area contributed by atoms with E-state index in [9.17, 15) is 4.79 Å². The third-order valence-electron chi connectivity index (χ3n) is 3.98. The summed E-state index contributed by atoms with van der Waals surface area (Å²) in [6.07, 6.45) is 4.68. The van der Waals surface area contributed by atoms with E-state index in [0.717, 1.165) is 28.5 Å². The van der Waals surface area contributed by atoms with E-state index < -0.39 is 0 Å². The minimum absolute atomic E-state index is 0.121. The van der Waals surface area contributed by atoms with E-state index in [1.165, 1.54) is 24.2 Å². The first-order chi connectivity index (χ1) is 9.61. The van der Waals surface area contributed by atoms with Crippen molar-refractivity contribution >= 4 is 17.2 Å². The predicted molar refractivity (Wildman–Crippen MR) is 83.8 cm³/mol. The van der Waals surface area contributed by atoms with Gasteiger partial charge in [-0.2, -0.15) is 0 Å². The lowest BCUT2D eigenvalue weighted by molar-refractivity contribution is 0.0684. The maximum absolute atomic E-state index is 12.5. The number of nitrogens with zero attached hydrogens (tertiary/aromatic N) is 1. The molecule has 0 aliphatic heterocycles. The molecule has 2 rings (SSSR count). The van der Waals surface area contributed by atoms with Crippen LogP contribution in [0.2, 0.25) is 0 Å². The molecule has 1 aromatic heterocycles. The van der Waals surface area contributed by atoms with Crippen LogP contribution >= 0.6 is 11.3 Å². The van der Waals surface area contributed by atoms with Gasteiger partial charge in [0.25, 0.3) is 5.91 Å². The maximum Gasteiger partial charge on any atom is 0.263 e. The first-order valence-corrected chi connectivity index (χ1v) is 7.99. The molecule has 0 spiro atoms. The van der Waals surface area contributed by atoms with Crippen LogP contribution in [0.4, 0.5) is 0 Å². The Labute approximate surface area is 125 Å². The molecule has 1 aliphatic rings. The molecule has 1 heterocycles. The summed E-state index contributed by atoms with van der Waals surface area (Å²) in [5, 5.41) is 0. The summed E-state index contributed by atoms with van der Waals surface area (Å²) < 4.78 is 0. The Morgan fingerprint density at radius 2 is 2.10 bits per heavy atom. The average molecular weight is 290 g/mol. The number of hydrogen-bond donors (Lipinski definition) is 1. The second-order valence-corrected chi connectivity index (χ2v) is 6.58. The highest BCUT2D eigenvalue weighted by molar-refractivity contribution is 7.14. The molecule has 4 heteroatoms. The summed E-state index contributed by atoms with van der Waals surface area (Å²) in [6.45, 7) is 2.64. The Hall–Kier alpha value is -1.31. The van der Waals surface area contributed by atoms with Gasteiger partial charge < -0.3 is 10.6 Å². The van der Waals surface area contributed by atoms with Crippen LogP contribution in [-0.4, -0.2) is 30.4 Å². The van der Waals surface area contributed by atoms with Crippen molar-refractivity contribution in [3.05, 3.63) is 21.9 Å². The van der Waals surface area contributed by atoms with Crippen molar-refractivity contribution in [1.82, 2.24) is 4.90 Å². The van der Waals surface area contributed by atoms with Gasteiger partial charge in [-0.25, -0.2) is 0 Å². The molecule has 0 bridgehead atoms. The molecule has 1 saturated carbocycles. The molecular formula is C16H22N2OS. The van der Waals surface area contributed by atoms with Gasteiger partial charge in [0.2, 0.25) is 0 Å². The van der Waals surface area contributed by atoms with E-state index in [0.29, 0.717) is 12.6 Å². The number of amides is 1. The fourth-order valence-corrected chi connectivity index (χ4v) is 3.49. The molecule has 0 saturated heterocycles. The quantitative estimate of drug-likeness (QED) is 0.851. The maximum atomic E-state index is 12.5.